The summed E-state index contributed by atoms with van der Waals surface area (Å²) in [6.45, 7) is 3.17. The predicted molar refractivity (Wildman–Crippen MR) is 139 cm³/mol. The van der Waals surface area contributed by atoms with Gasteiger partial charge < -0.3 is 4.98 Å². The normalized spacial score (nSPS) is 16.9. The first-order valence-electron chi connectivity index (χ1n) is 12.3. The number of hydrogen-bond donors (Lipinski definition) is 1. The molecule has 7 rings (SSSR count). The molecule has 1 unspecified atom stereocenters. The minimum Gasteiger partial charge on any atom is -0.348 e. The van der Waals surface area contributed by atoms with E-state index in [9.17, 15) is 0 Å². The SMILES string of the molecule is CC(c1cnn2cc(-c3ccncc3)ccc12)N1CCc2[nH]cnc2[C@H]1c1cc2ccccc2cn1. The highest BCUT2D eigenvalue weighted by molar-refractivity contribution is 5.82. The second-order valence-corrected chi connectivity index (χ2v) is 9.37. The Morgan fingerprint density at radius 1 is 0.944 bits per heavy atom. The van der Waals surface area contributed by atoms with E-state index in [2.05, 4.69) is 70.5 Å². The average molecular weight is 472 g/mol. The second-order valence-electron chi connectivity index (χ2n) is 9.37. The van der Waals surface area contributed by atoms with Crippen LogP contribution in [0.2, 0.25) is 0 Å². The zero-order valence-corrected chi connectivity index (χ0v) is 19.9. The number of pyridine rings is 3. The summed E-state index contributed by atoms with van der Waals surface area (Å²) < 4.78 is 1.98. The third kappa shape index (κ3) is 3.39. The number of nitrogens with one attached hydrogen (secondary N) is 1. The minimum atomic E-state index is -0.0364. The lowest BCUT2D eigenvalue weighted by molar-refractivity contribution is 0.152. The van der Waals surface area contributed by atoms with Gasteiger partial charge in [-0.1, -0.05) is 30.3 Å². The molecule has 6 aromatic rings. The summed E-state index contributed by atoms with van der Waals surface area (Å²) in [5.41, 5.74) is 7.82. The van der Waals surface area contributed by atoms with Crippen molar-refractivity contribution in [2.45, 2.75) is 25.4 Å². The fraction of sp³-hybridized carbons (Fsp3) is 0.172. The fourth-order valence-corrected chi connectivity index (χ4v) is 5.49. The molecule has 1 aliphatic heterocycles. The van der Waals surface area contributed by atoms with E-state index >= 15 is 0 Å². The molecule has 176 valence electrons. The third-order valence-electron chi connectivity index (χ3n) is 7.40. The van der Waals surface area contributed by atoms with Crippen LogP contribution in [0.15, 0.2) is 91.9 Å². The number of aromatic nitrogens is 6. The summed E-state index contributed by atoms with van der Waals surface area (Å²) in [5, 5.41) is 7.07. The first-order chi connectivity index (χ1) is 17.8. The molecule has 1 aliphatic rings. The summed E-state index contributed by atoms with van der Waals surface area (Å²) in [6, 6.07) is 19.0. The van der Waals surface area contributed by atoms with Crippen molar-refractivity contribution < 1.29 is 0 Å². The molecule has 36 heavy (non-hydrogen) atoms. The monoisotopic (exact) mass is 471 g/mol. The molecule has 0 amide bonds. The topological polar surface area (TPSA) is 75.0 Å². The fourth-order valence-electron chi connectivity index (χ4n) is 5.49. The van der Waals surface area contributed by atoms with Crippen molar-refractivity contribution in [3.05, 3.63) is 115 Å². The highest BCUT2D eigenvalue weighted by Gasteiger charge is 2.36. The van der Waals surface area contributed by atoms with Crippen LogP contribution in [0.4, 0.5) is 0 Å². The number of nitrogens with zero attached hydrogens (tertiary/aromatic N) is 6. The van der Waals surface area contributed by atoms with Crippen LogP contribution in [0, 0.1) is 0 Å². The maximum Gasteiger partial charge on any atom is 0.0973 e. The molecular formula is C29H25N7. The van der Waals surface area contributed by atoms with Crippen molar-refractivity contribution in [1.82, 2.24) is 34.4 Å². The summed E-state index contributed by atoms with van der Waals surface area (Å²) >= 11 is 0. The van der Waals surface area contributed by atoms with Gasteiger partial charge in [0.05, 0.1) is 35.5 Å². The number of H-pyrrole nitrogens is 1. The first kappa shape index (κ1) is 21.0. The number of fused-ring (bicyclic) bond motifs is 3. The van der Waals surface area contributed by atoms with E-state index in [-0.39, 0.29) is 12.1 Å². The average Bonchev–Trinajstić information content (AvgIpc) is 3.59. The Morgan fingerprint density at radius 2 is 1.81 bits per heavy atom. The highest BCUT2D eigenvalue weighted by atomic mass is 15.2. The van der Waals surface area contributed by atoms with Gasteiger partial charge in [0.1, 0.15) is 0 Å². The lowest BCUT2D eigenvalue weighted by Gasteiger charge is -2.38. The van der Waals surface area contributed by atoms with Crippen LogP contribution in [0.5, 0.6) is 0 Å². The zero-order valence-electron chi connectivity index (χ0n) is 19.9. The lowest BCUT2D eigenvalue weighted by Crippen LogP contribution is -2.38. The Kier molecular flexibility index (Phi) is 4.89. The van der Waals surface area contributed by atoms with Gasteiger partial charge in [-0.3, -0.25) is 14.9 Å². The van der Waals surface area contributed by atoms with Gasteiger partial charge in [0.2, 0.25) is 0 Å². The van der Waals surface area contributed by atoms with E-state index in [4.69, 9.17) is 15.1 Å². The van der Waals surface area contributed by atoms with Gasteiger partial charge in [-0.15, -0.1) is 0 Å². The lowest BCUT2D eigenvalue weighted by atomic mass is 9.94. The van der Waals surface area contributed by atoms with E-state index in [1.165, 1.54) is 16.6 Å². The summed E-state index contributed by atoms with van der Waals surface area (Å²) in [7, 11) is 0. The maximum atomic E-state index is 4.91. The van der Waals surface area contributed by atoms with Gasteiger partial charge in [0.25, 0.3) is 0 Å². The Bertz CT molecular complexity index is 1680. The molecule has 2 atom stereocenters. The summed E-state index contributed by atoms with van der Waals surface area (Å²) in [5.74, 6) is 0. The van der Waals surface area contributed by atoms with E-state index in [1.807, 2.05) is 47.8 Å². The molecule has 0 spiro atoms. The van der Waals surface area contributed by atoms with E-state index in [0.717, 1.165) is 46.4 Å². The zero-order chi connectivity index (χ0) is 24.1. The van der Waals surface area contributed by atoms with Gasteiger partial charge >= 0.3 is 0 Å². The number of hydrogen-bond acceptors (Lipinski definition) is 5. The summed E-state index contributed by atoms with van der Waals surface area (Å²) in [6.07, 6.45) is 12.4. The Hall–Kier alpha value is -4.36. The Morgan fingerprint density at radius 3 is 2.69 bits per heavy atom. The second kappa shape index (κ2) is 8.39. The van der Waals surface area contributed by atoms with Crippen LogP contribution in [0.3, 0.4) is 0 Å². The number of rotatable bonds is 4. The highest BCUT2D eigenvalue weighted by Crippen LogP contribution is 2.40. The molecule has 6 heterocycles. The molecule has 1 aromatic carbocycles. The molecule has 5 aromatic heterocycles. The molecule has 7 nitrogen and oxygen atoms in total. The van der Waals surface area contributed by atoms with Crippen molar-refractivity contribution in [2.75, 3.05) is 6.54 Å². The van der Waals surface area contributed by atoms with Crippen molar-refractivity contribution >= 4 is 16.3 Å². The number of imidazole rings is 1. The van der Waals surface area contributed by atoms with Gasteiger partial charge in [-0.25, -0.2) is 9.50 Å². The van der Waals surface area contributed by atoms with Crippen molar-refractivity contribution in [3.8, 4) is 11.1 Å². The van der Waals surface area contributed by atoms with E-state index in [0.29, 0.717) is 0 Å². The van der Waals surface area contributed by atoms with Gasteiger partial charge in [-0.2, -0.15) is 5.10 Å². The largest absolute Gasteiger partial charge is 0.348 e. The van der Waals surface area contributed by atoms with Crippen LogP contribution < -0.4 is 0 Å². The standard InChI is InChI=1S/C29H25N7/c1-19(24-16-34-36-17-23(6-7-27(24)36)20-8-11-30-12-9-20)35-13-10-25-28(33-18-32-25)29(35)26-14-21-4-2-3-5-22(21)15-31-26/h2-9,11-12,14-19,29H,10,13H2,1H3,(H,32,33)/t19?,29-/m1/s1. The molecule has 0 bridgehead atoms. The van der Waals surface area contributed by atoms with Crippen LogP contribution in [0.25, 0.3) is 27.4 Å². The molecule has 1 N–H and O–H groups in total. The minimum absolute atomic E-state index is 0.0364. The molecular weight excluding hydrogens is 446 g/mol. The predicted octanol–water partition coefficient (Wildman–Crippen LogP) is 5.38. The summed E-state index contributed by atoms with van der Waals surface area (Å²) in [4.78, 5) is 19.7. The molecule has 7 heteroatoms. The first-order valence-corrected chi connectivity index (χ1v) is 12.3. The van der Waals surface area contributed by atoms with Gasteiger partial charge in [0, 0.05) is 66.0 Å². The van der Waals surface area contributed by atoms with Crippen LogP contribution in [-0.2, 0) is 6.42 Å². The Labute approximate surface area is 208 Å². The van der Waals surface area contributed by atoms with Crippen molar-refractivity contribution in [2.24, 2.45) is 0 Å². The molecule has 0 radical (unpaired) electrons. The number of aromatic amines is 1. The molecule has 0 saturated heterocycles. The third-order valence-corrected chi connectivity index (χ3v) is 7.40. The molecule has 0 fully saturated rings. The molecule has 0 aliphatic carbocycles. The Balaban J connectivity index is 1.30. The van der Waals surface area contributed by atoms with Crippen LogP contribution >= 0.6 is 0 Å². The van der Waals surface area contributed by atoms with Crippen LogP contribution in [0.1, 0.15) is 41.7 Å². The van der Waals surface area contributed by atoms with Gasteiger partial charge in [0.15, 0.2) is 0 Å². The number of benzene rings is 1. The van der Waals surface area contributed by atoms with E-state index < -0.39 is 0 Å². The van der Waals surface area contributed by atoms with Gasteiger partial charge in [-0.05, 0) is 42.1 Å². The van der Waals surface area contributed by atoms with Crippen molar-refractivity contribution in [3.63, 3.8) is 0 Å². The quantitative estimate of drug-likeness (QED) is 0.374. The van der Waals surface area contributed by atoms with Crippen molar-refractivity contribution in [1.29, 1.82) is 0 Å². The smallest absolute Gasteiger partial charge is 0.0973 e. The maximum absolute atomic E-state index is 4.91. The molecule has 0 saturated carbocycles. The van der Waals surface area contributed by atoms with E-state index in [1.54, 1.807) is 0 Å². The van der Waals surface area contributed by atoms with Crippen LogP contribution in [-0.4, -0.2) is 41.0 Å².